The van der Waals surface area contributed by atoms with E-state index in [0.717, 1.165) is 40.8 Å². The number of benzene rings is 2. The number of hydrogen-bond acceptors (Lipinski definition) is 4. The lowest BCUT2D eigenvalue weighted by Crippen LogP contribution is -2.39. The van der Waals surface area contributed by atoms with Gasteiger partial charge in [-0.05, 0) is 80.3 Å². The van der Waals surface area contributed by atoms with Crippen LogP contribution in [0.1, 0.15) is 93.9 Å². The predicted octanol–water partition coefficient (Wildman–Crippen LogP) is 5.79. The van der Waals surface area contributed by atoms with Crippen molar-refractivity contribution in [1.82, 2.24) is 5.32 Å². The zero-order chi connectivity index (χ0) is 27.4. The lowest BCUT2D eigenvalue weighted by atomic mass is 9.70. The molecule has 0 aliphatic heterocycles. The highest BCUT2D eigenvalue weighted by Gasteiger charge is 2.33. The zero-order valence-corrected chi connectivity index (χ0v) is 23.2. The maximum absolute atomic E-state index is 12.6. The van der Waals surface area contributed by atoms with E-state index in [1.807, 2.05) is 59.7 Å². The molecule has 0 bridgehead atoms. The van der Waals surface area contributed by atoms with Crippen LogP contribution in [0.15, 0.2) is 36.4 Å². The molecule has 3 atom stereocenters. The van der Waals surface area contributed by atoms with Crippen molar-refractivity contribution in [2.24, 2.45) is 5.41 Å². The number of aliphatic carboxylic acids is 1. The van der Waals surface area contributed by atoms with Crippen molar-refractivity contribution in [3.63, 3.8) is 0 Å². The number of hydrogen-bond donors (Lipinski definition) is 3. The molecule has 6 heteroatoms. The van der Waals surface area contributed by atoms with Crippen LogP contribution in [0.2, 0.25) is 0 Å². The summed E-state index contributed by atoms with van der Waals surface area (Å²) in [5.41, 5.74) is 4.01. The number of aliphatic hydroxyl groups is 1. The Kier molecular flexibility index (Phi) is 9.35. The van der Waals surface area contributed by atoms with Crippen LogP contribution < -0.4 is 10.1 Å². The average molecular weight is 498 g/mol. The third-order valence-electron chi connectivity index (χ3n) is 7.32. The van der Waals surface area contributed by atoms with Crippen molar-refractivity contribution in [2.45, 2.75) is 98.8 Å². The second kappa shape index (κ2) is 11.5. The smallest absolute Gasteiger partial charge is 0.325 e. The van der Waals surface area contributed by atoms with Crippen LogP contribution >= 0.6 is 0 Å². The Balaban J connectivity index is 2.40. The molecular weight excluding hydrogens is 454 g/mol. The van der Waals surface area contributed by atoms with Crippen molar-refractivity contribution in [1.29, 1.82) is 0 Å². The van der Waals surface area contributed by atoms with Gasteiger partial charge in [-0.3, -0.25) is 9.59 Å². The third-order valence-corrected chi connectivity index (χ3v) is 7.32. The third kappa shape index (κ3) is 6.28. The van der Waals surface area contributed by atoms with Crippen LogP contribution in [-0.4, -0.2) is 40.3 Å². The zero-order valence-electron chi connectivity index (χ0n) is 23.2. The van der Waals surface area contributed by atoms with Gasteiger partial charge in [0.2, 0.25) is 0 Å². The molecule has 2 rings (SSSR count). The highest BCUT2D eigenvalue weighted by molar-refractivity contribution is 5.97. The second-order valence-corrected chi connectivity index (χ2v) is 11.0. The molecule has 198 valence electrons. The standard InChI is InChI=1S/C30H43NO5/c1-10-30(11-2,22-12-14-24(18(3)16-22)27(33)31-20(5)28(34)35)23-13-15-25(19(4)17-23)36-21(6)26(32)29(7,8)9/h12-17,20-21,26,32H,10-11H2,1-9H3,(H,31,33)(H,34,35). The van der Waals surface area contributed by atoms with Gasteiger partial charge >= 0.3 is 5.97 Å². The number of carbonyl (C=O) groups is 2. The molecule has 36 heavy (non-hydrogen) atoms. The number of ether oxygens (including phenoxy) is 1. The molecule has 1 amide bonds. The molecule has 0 aliphatic carbocycles. The summed E-state index contributed by atoms with van der Waals surface area (Å²) in [5, 5.41) is 22.2. The Morgan fingerprint density at radius 3 is 1.92 bits per heavy atom. The predicted molar refractivity (Wildman–Crippen MR) is 144 cm³/mol. The number of nitrogens with one attached hydrogen (secondary N) is 1. The molecule has 3 unspecified atom stereocenters. The van der Waals surface area contributed by atoms with Gasteiger partial charge in [0.15, 0.2) is 0 Å². The van der Waals surface area contributed by atoms with Gasteiger partial charge in [-0.25, -0.2) is 0 Å². The molecule has 6 nitrogen and oxygen atoms in total. The first-order valence-corrected chi connectivity index (χ1v) is 12.8. The van der Waals surface area contributed by atoms with Gasteiger partial charge in [0, 0.05) is 11.0 Å². The first kappa shape index (κ1) is 29.4. The van der Waals surface area contributed by atoms with Crippen molar-refractivity contribution in [3.8, 4) is 5.75 Å². The van der Waals surface area contributed by atoms with E-state index in [2.05, 4.69) is 31.3 Å². The summed E-state index contributed by atoms with van der Waals surface area (Å²) in [6.45, 7) is 17.5. The van der Waals surface area contributed by atoms with Crippen molar-refractivity contribution < 1.29 is 24.5 Å². The summed E-state index contributed by atoms with van der Waals surface area (Å²) in [5.74, 6) is -0.707. The number of rotatable bonds is 10. The number of carboxylic acids is 1. The van der Waals surface area contributed by atoms with E-state index in [-0.39, 0.29) is 16.9 Å². The minimum absolute atomic E-state index is 0.256. The SMILES string of the molecule is CCC(CC)(c1ccc(OC(C)C(O)C(C)(C)C)c(C)c1)c1ccc(C(=O)NC(C)C(=O)O)c(C)c1. The molecule has 0 radical (unpaired) electrons. The number of carbonyl (C=O) groups excluding carboxylic acids is 1. The Bertz CT molecular complexity index is 1080. The summed E-state index contributed by atoms with van der Waals surface area (Å²) >= 11 is 0. The average Bonchev–Trinajstić information content (AvgIpc) is 2.80. The van der Waals surface area contributed by atoms with Gasteiger partial charge < -0.3 is 20.3 Å². The van der Waals surface area contributed by atoms with Crippen molar-refractivity contribution >= 4 is 11.9 Å². The first-order valence-electron chi connectivity index (χ1n) is 12.8. The Labute approximate surface area is 216 Å². The fraction of sp³-hybridized carbons (Fsp3) is 0.533. The minimum atomic E-state index is -1.07. The highest BCUT2D eigenvalue weighted by Crippen LogP contribution is 2.41. The fourth-order valence-corrected chi connectivity index (χ4v) is 4.83. The van der Waals surface area contributed by atoms with Crippen LogP contribution in [0, 0.1) is 19.3 Å². The normalized spacial score (nSPS) is 14.6. The van der Waals surface area contributed by atoms with E-state index in [9.17, 15) is 14.7 Å². The molecule has 2 aromatic rings. The Morgan fingerprint density at radius 1 is 0.944 bits per heavy atom. The summed E-state index contributed by atoms with van der Waals surface area (Å²) in [4.78, 5) is 23.7. The topological polar surface area (TPSA) is 95.9 Å². The summed E-state index contributed by atoms with van der Waals surface area (Å²) in [6.07, 6.45) is 0.785. The van der Waals surface area contributed by atoms with E-state index in [0.29, 0.717) is 5.56 Å². The molecule has 0 heterocycles. The second-order valence-electron chi connectivity index (χ2n) is 11.0. The molecule has 0 saturated heterocycles. The lowest BCUT2D eigenvalue weighted by Gasteiger charge is -2.35. The first-order chi connectivity index (χ1) is 16.7. The number of carboxylic acid groups (broad SMARTS) is 1. The van der Waals surface area contributed by atoms with Crippen LogP contribution in [-0.2, 0) is 10.2 Å². The molecule has 3 N–H and O–H groups in total. The summed E-state index contributed by atoms with van der Waals surface area (Å²) < 4.78 is 6.15. The molecule has 0 fully saturated rings. The van der Waals surface area contributed by atoms with E-state index in [4.69, 9.17) is 9.84 Å². The number of amides is 1. The molecule has 0 aromatic heterocycles. The van der Waals surface area contributed by atoms with Gasteiger partial charge in [0.05, 0.1) is 6.10 Å². The molecule has 0 spiro atoms. The fourth-order valence-electron chi connectivity index (χ4n) is 4.83. The van der Waals surface area contributed by atoms with Crippen LogP contribution in [0.5, 0.6) is 5.75 Å². The Morgan fingerprint density at radius 2 is 1.47 bits per heavy atom. The van der Waals surface area contributed by atoms with Crippen LogP contribution in [0.25, 0.3) is 0 Å². The van der Waals surface area contributed by atoms with Gasteiger partial charge in [0.25, 0.3) is 5.91 Å². The highest BCUT2D eigenvalue weighted by atomic mass is 16.5. The Hall–Kier alpha value is -2.86. The molecular formula is C30H43NO5. The maximum atomic E-state index is 12.6. The van der Waals surface area contributed by atoms with E-state index >= 15 is 0 Å². The van der Waals surface area contributed by atoms with E-state index < -0.39 is 24.0 Å². The molecule has 2 aromatic carbocycles. The molecule has 0 saturated carbocycles. The monoisotopic (exact) mass is 497 g/mol. The summed E-state index contributed by atoms with van der Waals surface area (Å²) in [6, 6.07) is 11.1. The largest absolute Gasteiger partial charge is 0.488 e. The van der Waals surface area contributed by atoms with Gasteiger partial charge in [-0.2, -0.15) is 0 Å². The maximum Gasteiger partial charge on any atom is 0.325 e. The summed E-state index contributed by atoms with van der Waals surface area (Å²) in [7, 11) is 0. The van der Waals surface area contributed by atoms with Crippen molar-refractivity contribution in [2.75, 3.05) is 0 Å². The van der Waals surface area contributed by atoms with E-state index in [1.54, 1.807) is 6.07 Å². The van der Waals surface area contributed by atoms with Gasteiger partial charge in [0.1, 0.15) is 17.9 Å². The minimum Gasteiger partial charge on any atom is -0.488 e. The van der Waals surface area contributed by atoms with Crippen molar-refractivity contribution in [3.05, 3.63) is 64.2 Å². The molecule has 0 aliphatic rings. The van der Waals surface area contributed by atoms with Gasteiger partial charge in [-0.1, -0.05) is 58.9 Å². The lowest BCUT2D eigenvalue weighted by molar-refractivity contribution is -0.138. The van der Waals surface area contributed by atoms with Crippen LogP contribution in [0.4, 0.5) is 0 Å². The van der Waals surface area contributed by atoms with Gasteiger partial charge in [-0.15, -0.1) is 0 Å². The van der Waals surface area contributed by atoms with Crippen LogP contribution in [0.3, 0.4) is 0 Å². The number of aryl methyl sites for hydroxylation is 2. The number of aliphatic hydroxyl groups excluding tert-OH is 1. The quantitative estimate of drug-likeness (QED) is 0.386. The van der Waals surface area contributed by atoms with E-state index in [1.165, 1.54) is 6.92 Å².